The van der Waals surface area contributed by atoms with Gasteiger partial charge in [0.2, 0.25) is 0 Å². The van der Waals surface area contributed by atoms with Crippen molar-refractivity contribution in [3.8, 4) is 39.1 Å². The van der Waals surface area contributed by atoms with Gasteiger partial charge in [-0.15, -0.1) is 0 Å². The average Bonchev–Trinajstić information content (AvgIpc) is 3.61. The Bertz CT molecular complexity index is 2710. The van der Waals surface area contributed by atoms with E-state index in [1.807, 2.05) is 38.2 Å². The summed E-state index contributed by atoms with van der Waals surface area (Å²) in [6.45, 7) is 4.00. The summed E-state index contributed by atoms with van der Waals surface area (Å²) >= 11 is 0. The Morgan fingerprint density at radius 1 is 0.339 bits per heavy atom. The molecule has 270 valence electrons. The van der Waals surface area contributed by atoms with Crippen LogP contribution in [-0.2, 0) is 0 Å². The zero-order chi connectivity index (χ0) is 38.1. The van der Waals surface area contributed by atoms with Gasteiger partial charge in [0.05, 0.1) is 11.0 Å². The minimum absolute atomic E-state index is 1.11. The second kappa shape index (κ2) is 16.9. The molecule has 0 N–H and O–H groups in total. The van der Waals surface area contributed by atoms with Crippen molar-refractivity contribution in [2.45, 2.75) is 13.8 Å². The van der Waals surface area contributed by atoms with Crippen molar-refractivity contribution in [1.82, 2.24) is 4.57 Å². The van der Waals surface area contributed by atoms with Gasteiger partial charge in [-0.1, -0.05) is 164 Å². The standard InChI is InChI=1S/C48H34N2.C6H10/c1-4-13-35(14-5-1)37-23-28-42(29-24-37)49(41-18-8-3-9-19-41)43-30-25-38(26-31-43)40-27-32-48-46(34-40)45-21-10-11-22-47(45)50(48)44-20-12-17-39(33-44)36-15-6-2-7-16-36;1-3-5-6-4-2/h1-34H;3-6H,1-2H3/b;5-3-,6-4-. The summed E-state index contributed by atoms with van der Waals surface area (Å²) in [5.41, 5.74) is 14.2. The first-order valence-electron chi connectivity index (χ1n) is 19.3. The van der Waals surface area contributed by atoms with E-state index < -0.39 is 0 Å². The first kappa shape index (κ1) is 35.8. The molecule has 0 amide bonds. The van der Waals surface area contributed by atoms with Gasteiger partial charge in [0.15, 0.2) is 0 Å². The molecule has 56 heavy (non-hydrogen) atoms. The number of aromatic nitrogens is 1. The fourth-order valence-electron chi connectivity index (χ4n) is 7.37. The molecule has 0 fully saturated rings. The third kappa shape index (κ3) is 7.59. The van der Waals surface area contributed by atoms with E-state index in [9.17, 15) is 0 Å². The minimum atomic E-state index is 1.11. The van der Waals surface area contributed by atoms with Gasteiger partial charge in [-0.25, -0.2) is 0 Å². The van der Waals surface area contributed by atoms with E-state index in [0.717, 1.165) is 22.7 Å². The van der Waals surface area contributed by atoms with Crippen LogP contribution in [0.5, 0.6) is 0 Å². The number of allylic oxidation sites excluding steroid dienone is 4. The van der Waals surface area contributed by atoms with Gasteiger partial charge in [0.1, 0.15) is 0 Å². The molecule has 0 bridgehead atoms. The van der Waals surface area contributed by atoms with Crippen LogP contribution in [0.15, 0.2) is 231 Å². The van der Waals surface area contributed by atoms with E-state index in [0.29, 0.717) is 0 Å². The van der Waals surface area contributed by atoms with Gasteiger partial charge in [-0.2, -0.15) is 0 Å². The number of hydrogen-bond donors (Lipinski definition) is 0. The summed E-state index contributed by atoms with van der Waals surface area (Å²) in [4.78, 5) is 2.32. The molecule has 0 saturated heterocycles. The van der Waals surface area contributed by atoms with Gasteiger partial charge in [-0.05, 0) is 114 Å². The lowest BCUT2D eigenvalue weighted by Gasteiger charge is -2.26. The van der Waals surface area contributed by atoms with Crippen molar-refractivity contribution < 1.29 is 0 Å². The van der Waals surface area contributed by atoms with Crippen LogP contribution in [-0.4, -0.2) is 4.57 Å². The van der Waals surface area contributed by atoms with Gasteiger partial charge in [0, 0.05) is 33.5 Å². The Morgan fingerprint density at radius 3 is 1.38 bits per heavy atom. The Labute approximate surface area is 330 Å². The predicted molar refractivity (Wildman–Crippen MR) is 241 cm³/mol. The van der Waals surface area contributed by atoms with Gasteiger partial charge in [-0.3, -0.25) is 0 Å². The summed E-state index contributed by atoms with van der Waals surface area (Å²) in [6, 6.07) is 74.0. The Morgan fingerprint density at radius 2 is 0.768 bits per heavy atom. The van der Waals surface area contributed by atoms with E-state index >= 15 is 0 Å². The second-order valence-electron chi connectivity index (χ2n) is 13.7. The molecule has 2 nitrogen and oxygen atoms in total. The SMILES string of the molecule is C/C=C\C=C/C.c1ccc(-c2ccc(N(c3ccccc3)c3ccc(-c4ccc5c(c4)c4ccccc4n5-c4cccc(-c5ccccc5)c4)cc3)cc2)cc1. The van der Waals surface area contributed by atoms with Crippen LogP contribution in [0.1, 0.15) is 13.8 Å². The first-order valence-corrected chi connectivity index (χ1v) is 19.3. The smallest absolute Gasteiger partial charge is 0.0541 e. The van der Waals surface area contributed by atoms with Crippen molar-refractivity contribution in [2.24, 2.45) is 0 Å². The molecule has 1 heterocycles. The predicted octanol–water partition coefficient (Wildman–Crippen LogP) is 15.4. The lowest BCUT2D eigenvalue weighted by molar-refractivity contribution is 1.18. The molecule has 0 aliphatic rings. The number of nitrogens with zero attached hydrogens (tertiary/aromatic N) is 2. The van der Waals surface area contributed by atoms with E-state index in [-0.39, 0.29) is 0 Å². The lowest BCUT2D eigenvalue weighted by Crippen LogP contribution is -2.09. The molecule has 0 aliphatic carbocycles. The molecule has 9 aromatic rings. The van der Waals surface area contributed by atoms with E-state index in [1.54, 1.807) is 0 Å². The van der Waals surface area contributed by atoms with Crippen LogP contribution in [0.4, 0.5) is 17.1 Å². The monoisotopic (exact) mass is 720 g/mol. The summed E-state index contributed by atoms with van der Waals surface area (Å²) in [5.74, 6) is 0. The average molecular weight is 721 g/mol. The third-order valence-electron chi connectivity index (χ3n) is 10.1. The van der Waals surface area contributed by atoms with Crippen LogP contribution < -0.4 is 4.90 Å². The van der Waals surface area contributed by atoms with Crippen molar-refractivity contribution in [3.05, 3.63) is 231 Å². The third-order valence-corrected chi connectivity index (χ3v) is 10.1. The zero-order valence-electron chi connectivity index (χ0n) is 31.8. The second-order valence-corrected chi connectivity index (χ2v) is 13.7. The molecule has 8 aromatic carbocycles. The zero-order valence-corrected chi connectivity index (χ0v) is 31.8. The molecule has 0 radical (unpaired) electrons. The van der Waals surface area contributed by atoms with Crippen molar-refractivity contribution >= 4 is 38.9 Å². The maximum atomic E-state index is 2.39. The number of para-hydroxylation sites is 2. The summed E-state index contributed by atoms with van der Waals surface area (Å²) in [5, 5.41) is 2.50. The number of rotatable bonds is 8. The first-order chi connectivity index (χ1) is 27.7. The molecule has 0 saturated carbocycles. The summed E-state index contributed by atoms with van der Waals surface area (Å²) in [7, 11) is 0. The highest BCUT2D eigenvalue weighted by Crippen LogP contribution is 2.39. The highest BCUT2D eigenvalue weighted by Gasteiger charge is 2.16. The quantitative estimate of drug-likeness (QED) is 0.142. The van der Waals surface area contributed by atoms with Crippen LogP contribution in [0.2, 0.25) is 0 Å². The van der Waals surface area contributed by atoms with Gasteiger partial charge >= 0.3 is 0 Å². The van der Waals surface area contributed by atoms with E-state index in [1.165, 1.54) is 55.2 Å². The number of benzene rings is 8. The maximum Gasteiger partial charge on any atom is 0.0541 e. The molecule has 0 aliphatic heterocycles. The number of fused-ring (bicyclic) bond motifs is 3. The molecular weight excluding hydrogens is 677 g/mol. The van der Waals surface area contributed by atoms with Crippen LogP contribution in [0, 0.1) is 0 Å². The lowest BCUT2D eigenvalue weighted by atomic mass is 10.0. The molecule has 0 unspecified atom stereocenters. The molecule has 9 rings (SSSR count). The van der Waals surface area contributed by atoms with Crippen LogP contribution in [0.3, 0.4) is 0 Å². The van der Waals surface area contributed by atoms with Crippen LogP contribution in [0.25, 0.3) is 60.9 Å². The Balaban J connectivity index is 0.000000684. The Kier molecular flexibility index (Phi) is 10.8. The molecule has 0 atom stereocenters. The molecule has 2 heteroatoms. The van der Waals surface area contributed by atoms with Gasteiger partial charge < -0.3 is 9.47 Å². The fraction of sp³-hybridized carbons (Fsp3) is 0.0370. The molecule has 0 spiro atoms. The van der Waals surface area contributed by atoms with Crippen molar-refractivity contribution in [3.63, 3.8) is 0 Å². The number of anilines is 3. The summed E-state index contributed by atoms with van der Waals surface area (Å²) < 4.78 is 2.39. The number of hydrogen-bond acceptors (Lipinski definition) is 1. The van der Waals surface area contributed by atoms with Crippen LogP contribution >= 0.6 is 0 Å². The van der Waals surface area contributed by atoms with Crippen molar-refractivity contribution in [2.75, 3.05) is 4.90 Å². The van der Waals surface area contributed by atoms with Crippen molar-refractivity contribution in [1.29, 1.82) is 0 Å². The topological polar surface area (TPSA) is 8.17 Å². The normalized spacial score (nSPS) is 11.2. The highest BCUT2D eigenvalue weighted by molar-refractivity contribution is 6.10. The van der Waals surface area contributed by atoms with E-state index in [4.69, 9.17) is 0 Å². The molecular formula is C54H44N2. The van der Waals surface area contributed by atoms with E-state index in [2.05, 4.69) is 216 Å². The molecule has 1 aromatic heterocycles. The highest BCUT2D eigenvalue weighted by atomic mass is 15.1. The van der Waals surface area contributed by atoms with Gasteiger partial charge in [0.25, 0.3) is 0 Å². The minimum Gasteiger partial charge on any atom is -0.311 e. The Hall–Kier alpha value is -7.16. The maximum absolute atomic E-state index is 2.39. The fourth-order valence-corrected chi connectivity index (χ4v) is 7.37. The largest absolute Gasteiger partial charge is 0.311 e. The summed E-state index contributed by atoms with van der Waals surface area (Å²) in [6.07, 6.45) is 8.00.